The molecule has 2 rings (SSSR count). The smallest absolute Gasteiger partial charge is 0.161 e. The molecule has 2 atom stereocenters. The Morgan fingerprint density at radius 3 is 2.81 bits per heavy atom. The summed E-state index contributed by atoms with van der Waals surface area (Å²) in [4.78, 5) is 0. The number of ether oxygens (including phenoxy) is 3. The third kappa shape index (κ3) is 4.90. The molecule has 1 aliphatic rings. The Hall–Kier alpha value is -1.26. The summed E-state index contributed by atoms with van der Waals surface area (Å²) < 4.78 is 17.1. The zero-order valence-corrected chi connectivity index (χ0v) is 13.4. The van der Waals surface area contributed by atoms with E-state index in [1.54, 1.807) is 7.11 Å². The summed E-state index contributed by atoms with van der Waals surface area (Å²) >= 11 is 0. The number of rotatable bonds is 8. The van der Waals surface area contributed by atoms with Gasteiger partial charge in [-0.1, -0.05) is 13.0 Å². The second-order valence-corrected chi connectivity index (χ2v) is 5.62. The topological polar surface area (TPSA) is 39.7 Å². The predicted molar refractivity (Wildman–Crippen MR) is 84.1 cm³/mol. The highest BCUT2D eigenvalue weighted by molar-refractivity contribution is 5.43. The Balaban J connectivity index is 1.89. The molecule has 4 nitrogen and oxygen atoms in total. The van der Waals surface area contributed by atoms with Crippen LogP contribution in [0.4, 0.5) is 0 Å². The van der Waals surface area contributed by atoms with Crippen molar-refractivity contribution >= 4 is 0 Å². The predicted octanol–water partition coefficient (Wildman–Crippen LogP) is 3.14. The Bertz CT molecular complexity index is 436. The van der Waals surface area contributed by atoms with Crippen LogP contribution in [0.5, 0.6) is 11.5 Å². The Morgan fingerprint density at radius 2 is 2.14 bits per heavy atom. The average molecular weight is 293 g/mol. The van der Waals surface area contributed by atoms with Gasteiger partial charge in [0.1, 0.15) is 6.61 Å². The largest absolute Gasteiger partial charge is 0.493 e. The first-order valence-corrected chi connectivity index (χ1v) is 7.88. The van der Waals surface area contributed by atoms with Crippen molar-refractivity contribution in [1.82, 2.24) is 5.32 Å². The summed E-state index contributed by atoms with van der Waals surface area (Å²) in [6.45, 7) is 6.74. The van der Waals surface area contributed by atoms with E-state index in [-0.39, 0.29) is 6.10 Å². The summed E-state index contributed by atoms with van der Waals surface area (Å²) in [6, 6.07) is 6.11. The van der Waals surface area contributed by atoms with Gasteiger partial charge in [-0.3, -0.25) is 0 Å². The van der Waals surface area contributed by atoms with Crippen LogP contribution in [0.1, 0.15) is 38.7 Å². The van der Waals surface area contributed by atoms with Crippen molar-refractivity contribution in [1.29, 1.82) is 0 Å². The van der Waals surface area contributed by atoms with Crippen molar-refractivity contribution in [2.75, 3.05) is 20.3 Å². The van der Waals surface area contributed by atoms with Crippen LogP contribution in [0.25, 0.3) is 0 Å². The molecule has 1 saturated heterocycles. The van der Waals surface area contributed by atoms with E-state index in [1.165, 1.54) is 5.56 Å². The minimum atomic E-state index is 0.204. The molecule has 0 amide bonds. The molecule has 1 fully saturated rings. The van der Waals surface area contributed by atoms with Gasteiger partial charge in [0.2, 0.25) is 0 Å². The monoisotopic (exact) mass is 293 g/mol. The lowest BCUT2D eigenvalue weighted by molar-refractivity contribution is 0.0259. The van der Waals surface area contributed by atoms with Gasteiger partial charge in [-0.15, -0.1) is 0 Å². The maximum absolute atomic E-state index is 5.87. The van der Waals surface area contributed by atoms with Gasteiger partial charge in [0.15, 0.2) is 11.5 Å². The van der Waals surface area contributed by atoms with E-state index >= 15 is 0 Å². The van der Waals surface area contributed by atoms with Crippen molar-refractivity contribution in [3.05, 3.63) is 23.8 Å². The number of benzene rings is 1. The maximum atomic E-state index is 5.87. The normalized spacial score (nSPS) is 21.5. The average Bonchev–Trinajstić information content (AvgIpc) is 2.91. The number of methoxy groups -OCH3 is 1. The second kappa shape index (κ2) is 8.25. The summed E-state index contributed by atoms with van der Waals surface area (Å²) in [6.07, 6.45) is 3.89. The van der Waals surface area contributed by atoms with Crippen molar-refractivity contribution < 1.29 is 14.2 Å². The molecule has 1 aromatic rings. The zero-order chi connectivity index (χ0) is 15.1. The molecule has 0 bridgehead atoms. The number of hydrogen-bond acceptors (Lipinski definition) is 4. The fourth-order valence-electron chi connectivity index (χ4n) is 2.54. The molecule has 2 unspecified atom stereocenters. The molecule has 0 aliphatic carbocycles. The molecule has 21 heavy (non-hydrogen) atoms. The number of hydrogen-bond donors (Lipinski definition) is 1. The van der Waals surface area contributed by atoms with Crippen LogP contribution in [-0.2, 0) is 11.3 Å². The van der Waals surface area contributed by atoms with E-state index in [1.807, 2.05) is 12.1 Å². The Kier molecular flexibility index (Phi) is 6.33. The van der Waals surface area contributed by atoms with Gasteiger partial charge < -0.3 is 19.5 Å². The van der Waals surface area contributed by atoms with Crippen molar-refractivity contribution in [2.45, 2.75) is 51.9 Å². The molecule has 1 aromatic carbocycles. The maximum Gasteiger partial charge on any atom is 0.161 e. The van der Waals surface area contributed by atoms with E-state index in [4.69, 9.17) is 14.2 Å². The zero-order valence-electron chi connectivity index (χ0n) is 13.4. The lowest BCUT2D eigenvalue weighted by Gasteiger charge is -2.15. The summed E-state index contributed by atoms with van der Waals surface area (Å²) in [5, 5.41) is 3.39. The van der Waals surface area contributed by atoms with Crippen LogP contribution in [0.2, 0.25) is 0 Å². The number of nitrogens with one attached hydrogen (secondary N) is 1. The lowest BCUT2D eigenvalue weighted by Crippen LogP contribution is -2.18. The van der Waals surface area contributed by atoms with Gasteiger partial charge in [-0.25, -0.2) is 0 Å². The van der Waals surface area contributed by atoms with Crippen LogP contribution in [-0.4, -0.2) is 32.5 Å². The van der Waals surface area contributed by atoms with Crippen LogP contribution in [0, 0.1) is 0 Å². The van der Waals surface area contributed by atoms with Crippen LogP contribution >= 0.6 is 0 Å². The Labute approximate surface area is 127 Å². The van der Waals surface area contributed by atoms with Gasteiger partial charge in [-0.05, 0) is 50.4 Å². The minimum absolute atomic E-state index is 0.204. The van der Waals surface area contributed by atoms with Crippen molar-refractivity contribution in [3.63, 3.8) is 0 Å². The van der Waals surface area contributed by atoms with Gasteiger partial charge in [0.25, 0.3) is 0 Å². The molecular formula is C17H27NO3. The molecule has 118 valence electrons. The lowest BCUT2D eigenvalue weighted by atomic mass is 10.2. The molecule has 0 aromatic heterocycles. The fraction of sp³-hybridized carbons (Fsp3) is 0.647. The first kappa shape index (κ1) is 16.1. The van der Waals surface area contributed by atoms with E-state index in [2.05, 4.69) is 25.2 Å². The van der Waals surface area contributed by atoms with Crippen LogP contribution < -0.4 is 14.8 Å². The van der Waals surface area contributed by atoms with Gasteiger partial charge in [-0.2, -0.15) is 0 Å². The van der Waals surface area contributed by atoms with Gasteiger partial charge >= 0.3 is 0 Å². The van der Waals surface area contributed by atoms with Crippen LogP contribution in [0.15, 0.2) is 18.2 Å². The quantitative estimate of drug-likeness (QED) is 0.748. The van der Waals surface area contributed by atoms with E-state index in [0.29, 0.717) is 12.7 Å². The minimum Gasteiger partial charge on any atom is -0.493 e. The molecule has 1 aliphatic heterocycles. The summed E-state index contributed by atoms with van der Waals surface area (Å²) in [5.74, 6) is 1.58. The first-order valence-electron chi connectivity index (χ1n) is 7.88. The highest BCUT2D eigenvalue weighted by Crippen LogP contribution is 2.29. The molecule has 0 spiro atoms. The molecular weight excluding hydrogens is 266 g/mol. The van der Waals surface area contributed by atoms with E-state index in [9.17, 15) is 0 Å². The molecule has 1 heterocycles. The summed E-state index contributed by atoms with van der Waals surface area (Å²) in [7, 11) is 1.68. The van der Waals surface area contributed by atoms with E-state index in [0.717, 1.165) is 43.9 Å². The molecule has 4 heteroatoms. The third-order valence-electron chi connectivity index (χ3n) is 3.73. The van der Waals surface area contributed by atoms with E-state index < -0.39 is 0 Å². The van der Waals surface area contributed by atoms with Crippen LogP contribution in [0.3, 0.4) is 0 Å². The second-order valence-electron chi connectivity index (χ2n) is 5.62. The molecule has 0 saturated carbocycles. The highest BCUT2D eigenvalue weighted by atomic mass is 16.6. The molecule has 1 N–H and O–H groups in total. The van der Waals surface area contributed by atoms with Gasteiger partial charge in [0, 0.05) is 6.54 Å². The SMILES string of the molecule is CCCNCc1ccc(OCC2CCC(C)O2)c(OC)c1. The molecule has 0 radical (unpaired) electrons. The van der Waals surface area contributed by atoms with Crippen molar-refractivity contribution in [3.8, 4) is 11.5 Å². The Morgan fingerprint density at radius 1 is 1.29 bits per heavy atom. The highest BCUT2D eigenvalue weighted by Gasteiger charge is 2.22. The fourth-order valence-corrected chi connectivity index (χ4v) is 2.54. The first-order chi connectivity index (χ1) is 10.2. The third-order valence-corrected chi connectivity index (χ3v) is 3.73. The standard InChI is InChI=1S/C17H27NO3/c1-4-9-18-11-14-6-8-16(17(10-14)19-3)20-12-15-7-5-13(2)21-15/h6,8,10,13,15,18H,4-5,7,9,11-12H2,1-3H3. The summed E-state index contributed by atoms with van der Waals surface area (Å²) in [5.41, 5.74) is 1.21. The van der Waals surface area contributed by atoms with Crippen molar-refractivity contribution in [2.24, 2.45) is 0 Å². The van der Waals surface area contributed by atoms with Gasteiger partial charge in [0.05, 0.1) is 19.3 Å².